The number of benzene rings is 3. The molecular weight excluding hydrogens is 673 g/mol. The number of carbonyl (C=O) groups is 2. The quantitative estimate of drug-likeness (QED) is 0.0777. The van der Waals surface area contributed by atoms with Crippen LogP contribution in [0.25, 0.3) is 0 Å². The molecule has 0 unspecified atom stereocenters. The number of thiocarbonyl (C=S) groups is 1. The Bertz CT molecular complexity index is 1680. The Morgan fingerprint density at radius 1 is 1.18 bits per heavy atom. The minimum atomic E-state index is -0.688. The molecule has 0 saturated carbocycles. The molecule has 1 atom stereocenters. The lowest BCUT2D eigenvalue weighted by atomic mass is 9.95. The lowest BCUT2D eigenvalue weighted by molar-refractivity contribution is -0.386. The summed E-state index contributed by atoms with van der Waals surface area (Å²) in [6, 6.07) is 14.5. The number of halogens is 2. The van der Waals surface area contributed by atoms with E-state index >= 15 is 0 Å². The number of amides is 1. The van der Waals surface area contributed by atoms with E-state index in [0.29, 0.717) is 38.8 Å². The van der Waals surface area contributed by atoms with E-state index < -0.39 is 35.3 Å². The van der Waals surface area contributed by atoms with Gasteiger partial charge in [-0.3, -0.25) is 14.9 Å². The molecule has 234 valence electrons. The number of ether oxygens (including phenoxy) is 3. The van der Waals surface area contributed by atoms with E-state index in [1.165, 1.54) is 42.6 Å². The predicted molar refractivity (Wildman–Crippen MR) is 170 cm³/mol. The van der Waals surface area contributed by atoms with Gasteiger partial charge in [-0.15, -0.1) is 0 Å². The summed E-state index contributed by atoms with van der Waals surface area (Å²) in [5.41, 5.74) is 4.32. The van der Waals surface area contributed by atoms with Crippen molar-refractivity contribution in [3.63, 3.8) is 0 Å². The second-order valence-electron chi connectivity index (χ2n) is 9.43. The number of esters is 1. The third-order valence-corrected chi connectivity index (χ3v) is 7.10. The maximum absolute atomic E-state index is 13.2. The minimum Gasteiger partial charge on any atom is -0.483 e. The standard InChI is InChI=1S/C30H27BrFN5O7S/c1-3-42-29(39)26-17(2)34-30(45)35-27(26)21-6-4-5-7-24(21)43-16-25(38)36-33-14-19-12-22(31)28(23(13-19)37(40)41)44-15-18-8-10-20(32)11-9-18/h4-14,27H,3,15-16H2,1-2H3,(H,36,38)(H2,34,35,45)/t27-/m0/s1. The molecule has 1 aliphatic rings. The summed E-state index contributed by atoms with van der Waals surface area (Å²) in [7, 11) is 0. The van der Waals surface area contributed by atoms with Crippen LogP contribution in [0.4, 0.5) is 10.1 Å². The van der Waals surface area contributed by atoms with Gasteiger partial charge in [0.25, 0.3) is 5.91 Å². The zero-order chi connectivity index (χ0) is 32.5. The first-order valence-corrected chi connectivity index (χ1v) is 14.6. The van der Waals surface area contributed by atoms with Crippen molar-refractivity contribution >= 4 is 57.0 Å². The maximum Gasteiger partial charge on any atom is 0.338 e. The molecule has 1 amide bonds. The van der Waals surface area contributed by atoms with Crippen molar-refractivity contribution in [1.29, 1.82) is 0 Å². The molecule has 0 bridgehead atoms. The van der Waals surface area contributed by atoms with Crippen molar-refractivity contribution in [2.75, 3.05) is 13.2 Å². The van der Waals surface area contributed by atoms with Gasteiger partial charge in [-0.25, -0.2) is 14.6 Å². The minimum absolute atomic E-state index is 0.0160. The van der Waals surface area contributed by atoms with Crippen molar-refractivity contribution in [2.45, 2.75) is 26.5 Å². The van der Waals surface area contributed by atoms with Gasteiger partial charge in [0.2, 0.25) is 5.75 Å². The highest BCUT2D eigenvalue weighted by Crippen LogP contribution is 2.37. The normalized spacial score (nSPS) is 14.4. The highest BCUT2D eigenvalue weighted by Gasteiger charge is 2.32. The van der Waals surface area contributed by atoms with Crippen LogP contribution in [0.3, 0.4) is 0 Å². The molecule has 15 heteroatoms. The van der Waals surface area contributed by atoms with E-state index in [1.807, 2.05) is 0 Å². The number of nitrogens with zero attached hydrogens (tertiary/aromatic N) is 2. The van der Waals surface area contributed by atoms with Gasteiger partial charge in [0.15, 0.2) is 11.7 Å². The largest absolute Gasteiger partial charge is 0.483 e. The first-order valence-electron chi connectivity index (χ1n) is 13.4. The van der Waals surface area contributed by atoms with Gasteiger partial charge >= 0.3 is 11.7 Å². The first kappa shape index (κ1) is 33.0. The number of allylic oxidation sites excluding steroid dienone is 1. The van der Waals surface area contributed by atoms with Gasteiger partial charge < -0.3 is 24.8 Å². The van der Waals surface area contributed by atoms with Gasteiger partial charge in [-0.1, -0.05) is 30.3 Å². The monoisotopic (exact) mass is 699 g/mol. The van der Waals surface area contributed by atoms with Gasteiger partial charge in [-0.05, 0) is 71.8 Å². The molecule has 45 heavy (non-hydrogen) atoms. The van der Waals surface area contributed by atoms with Gasteiger partial charge in [0.05, 0.1) is 33.8 Å². The van der Waals surface area contributed by atoms with Crippen molar-refractivity contribution in [3.05, 3.63) is 109 Å². The number of nitrogens with one attached hydrogen (secondary N) is 3. The number of para-hydroxylation sites is 1. The molecule has 0 aromatic heterocycles. The summed E-state index contributed by atoms with van der Waals surface area (Å²) in [4.78, 5) is 36.4. The molecule has 3 aromatic carbocycles. The highest BCUT2D eigenvalue weighted by atomic mass is 79.9. The molecule has 0 aliphatic carbocycles. The fraction of sp³-hybridized carbons (Fsp3) is 0.200. The maximum atomic E-state index is 13.2. The van der Waals surface area contributed by atoms with Crippen LogP contribution >= 0.6 is 28.1 Å². The Morgan fingerprint density at radius 2 is 1.91 bits per heavy atom. The summed E-state index contributed by atoms with van der Waals surface area (Å²) in [5, 5.41) is 21.9. The molecule has 0 radical (unpaired) electrons. The van der Waals surface area contributed by atoms with Crippen LogP contribution in [0.5, 0.6) is 11.5 Å². The second kappa shape index (κ2) is 15.2. The van der Waals surface area contributed by atoms with E-state index in [4.69, 9.17) is 26.4 Å². The zero-order valence-electron chi connectivity index (χ0n) is 24.0. The Kier molecular flexibility index (Phi) is 11.2. The summed E-state index contributed by atoms with van der Waals surface area (Å²) >= 11 is 8.57. The SMILES string of the molecule is CCOC(=O)C1=C(C)NC(=S)N[C@H]1c1ccccc1OCC(=O)NN=Cc1cc(Br)c(OCc2ccc(F)cc2)c([N+](=O)[O-])c1. The average molecular weight is 701 g/mol. The van der Waals surface area contributed by atoms with E-state index in [1.54, 1.807) is 38.1 Å². The molecular formula is C30H27BrFN5O7S. The topological polar surface area (TPSA) is 153 Å². The van der Waals surface area contributed by atoms with Crippen molar-refractivity contribution in [3.8, 4) is 11.5 Å². The number of carbonyl (C=O) groups excluding carboxylic acids is 2. The highest BCUT2D eigenvalue weighted by molar-refractivity contribution is 9.10. The molecule has 3 N–H and O–H groups in total. The van der Waals surface area contributed by atoms with Crippen LogP contribution in [0.15, 0.2) is 81.5 Å². The van der Waals surface area contributed by atoms with Crippen molar-refractivity contribution in [1.82, 2.24) is 16.1 Å². The van der Waals surface area contributed by atoms with Gasteiger partial charge in [-0.2, -0.15) is 5.10 Å². The molecule has 0 spiro atoms. The molecule has 0 saturated heterocycles. The fourth-order valence-electron chi connectivity index (χ4n) is 4.30. The third kappa shape index (κ3) is 8.61. The van der Waals surface area contributed by atoms with E-state index in [-0.39, 0.29) is 29.1 Å². The van der Waals surface area contributed by atoms with E-state index in [9.17, 15) is 24.1 Å². The number of nitro benzene ring substituents is 1. The van der Waals surface area contributed by atoms with Crippen molar-refractivity contribution in [2.24, 2.45) is 5.10 Å². The van der Waals surface area contributed by atoms with Gasteiger partial charge in [0, 0.05) is 22.9 Å². The van der Waals surface area contributed by atoms with Crippen LogP contribution in [-0.2, 0) is 20.9 Å². The number of hydrogen-bond acceptors (Lipinski definition) is 9. The average Bonchev–Trinajstić information content (AvgIpc) is 3.00. The predicted octanol–water partition coefficient (Wildman–Crippen LogP) is 4.96. The molecule has 4 rings (SSSR count). The van der Waals surface area contributed by atoms with Crippen molar-refractivity contribution < 1.29 is 33.1 Å². The number of hydrogen-bond donors (Lipinski definition) is 3. The Hall–Kier alpha value is -4.89. The smallest absolute Gasteiger partial charge is 0.338 e. The third-order valence-electron chi connectivity index (χ3n) is 6.30. The summed E-state index contributed by atoms with van der Waals surface area (Å²) in [6.07, 6.45) is 1.23. The molecule has 1 heterocycles. The van der Waals surface area contributed by atoms with Crippen LogP contribution < -0.4 is 25.5 Å². The molecule has 3 aromatic rings. The Balaban J connectivity index is 1.42. The van der Waals surface area contributed by atoms with Crippen LogP contribution in [0.2, 0.25) is 0 Å². The van der Waals surface area contributed by atoms with Crippen LogP contribution in [-0.4, -0.2) is 41.3 Å². The second-order valence-corrected chi connectivity index (χ2v) is 10.7. The summed E-state index contributed by atoms with van der Waals surface area (Å²) in [6.45, 7) is 3.15. The number of nitro groups is 1. The summed E-state index contributed by atoms with van der Waals surface area (Å²) in [5.74, 6) is -1.24. The van der Waals surface area contributed by atoms with Crippen LogP contribution in [0.1, 0.15) is 36.6 Å². The zero-order valence-corrected chi connectivity index (χ0v) is 26.4. The fourth-order valence-corrected chi connectivity index (χ4v) is 5.15. The molecule has 1 aliphatic heterocycles. The Morgan fingerprint density at radius 3 is 2.62 bits per heavy atom. The van der Waals surface area contributed by atoms with E-state index in [2.05, 4.69) is 37.1 Å². The Labute approximate surface area is 270 Å². The van der Waals surface area contributed by atoms with Gasteiger partial charge in [0.1, 0.15) is 18.2 Å². The number of rotatable bonds is 12. The first-order chi connectivity index (χ1) is 21.6. The lowest BCUT2D eigenvalue weighted by Gasteiger charge is -2.30. The van der Waals surface area contributed by atoms with E-state index in [0.717, 1.165) is 0 Å². The molecule has 12 nitrogen and oxygen atoms in total. The van der Waals surface area contributed by atoms with Crippen LogP contribution in [0, 0.1) is 15.9 Å². The lowest BCUT2D eigenvalue weighted by Crippen LogP contribution is -2.45. The molecule has 0 fully saturated rings. The summed E-state index contributed by atoms with van der Waals surface area (Å²) < 4.78 is 30.1. The number of hydrazone groups is 1.